The molecule has 0 aliphatic carbocycles. The van der Waals surface area contributed by atoms with E-state index in [1.165, 1.54) is 0 Å². The Hall–Kier alpha value is -2.75. The van der Waals surface area contributed by atoms with Crippen LogP contribution in [0, 0.1) is 6.92 Å². The number of hydrogen-bond donors (Lipinski definition) is 2. The minimum absolute atomic E-state index is 0.0283. The number of nitrogens with zero attached hydrogens (tertiary/aromatic N) is 3. The first-order valence-electron chi connectivity index (χ1n) is 12.0. The molecule has 4 rings (SSSR count). The SMILES string of the molecule is COCCCNC(C)(C)CNc1nc(N2CCS(=O)(=O)c3ccccc3C2)nc2ccc(C)cc12. The summed E-state index contributed by atoms with van der Waals surface area (Å²) < 4.78 is 30.8. The average Bonchev–Trinajstić information content (AvgIpc) is 2.96. The van der Waals surface area contributed by atoms with Gasteiger partial charge in [-0.25, -0.2) is 13.4 Å². The molecule has 8 nitrogen and oxygen atoms in total. The van der Waals surface area contributed by atoms with Crippen molar-refractivity contribution in [1.29, 1.82) is 0 Å². The number of anilines is 2. The molecule has 0 amide bonds. The van der Waals surface area contributed by atoms with Crippen LogP contribution in [-0.2, 0) is 21.1 Å². The van der Waals surface area contributed by atoms with Crippen molar-refractivity contribution in [2.24, 2.45) is 0 Å². The van der Waals surface area contributed by atoms with Gasteiger partial charge in [-0.05, 0) is 57.5 Å². The summed E-state index contributed by atoms with van der Waals surface area (Å²) in [4.78, 5) is 12.1. The molecule has 9 heteroatoms. The van der Waals surface area contributed by atoms with Crippen LogP contribution in [-0.4, -0.2) is 63.0 Å². The Labute approximate surface area is 208 Å². The summed E-state index contributed by atoms with van der Waals surface area (Å²) >= 11 is 0. The molecule has 0 saturated heterocycles. The van der Waals surface area contributed by atoms with Crippen LogP contribution < -0.4 is 15.5 Å². The van der Waals surface area contributed by atoms with Crippen LogP contribution in [0.15, 0.2) is 47.4 Å². The number of hydrogen-bond acceptors (Lipinski definition) is 8. The van der Waals surface area contributed by atoms with Crippen molar-refractivity contribution in [3.05, 3.63) is 53.6 Å². The number of fused-ring (bicyclic) bond motifs is 2. The van der Waals surface area contributed by atoms with Gasteiger partial charge in [0.2, 0.25) is 5.95 Å². The highest BCUT2D eigenvalue weighted by molar-refractivity contribution is 7.91. The van der Waals surface area contributed by atoms with E-state index in [0.717, 1.165) is 47.4 Å². The summed E-state index contributed by atoms with van der Waals surface area (Å²) in [6, 6.07) is 13.3. The Morgan fingerprint density at radius 3 is 2.74 bits per heavy atom. The molecule has 2 aromatic carbocycles. The fourth-order valence-corrected chi connectivity index (χ4v) is 5.75. The van der Waals surface area contributed by atoms with E-state index in [-0.39, 0.29) is 11.3 Å². The van der Waals surface area contributed by atoms with Gasteiger partial charge in [0, 0.05) is 44.3 Å². The second-order valence-corrected chi connectivity index (χ2v) is 11.8. The summed E-state index contributed by atoms with van der Waals surface area (Å²) in [5.41, 5.74) is 2.57. The van der Waals surface area contributed by atoms with E-state index in [1.807, 2.05) is 29.2 Å². The fraction of sp³-hybridized carbons (Fsp3) is 0.462. The summed E-state index contributed by atoms with van der Waals surface area (Å²) in [6.07, 6.45) is 0.944. The third kappa shape index (κ3) is 6.09. The van der Waals surface area contributed by atoms with Gasteiger partial charge in [0.25, 0.3) is 0 Å². The monoisotopic (exact) mass is 497 g/mol. The lowest BCUT2D eigenvalue weighted by molar-refractivity contribution is 0.191. The predicted octanol–water partition coefficient (Wildman–Crippen LogP) is 3.55. The smallest absolute Gasteiger partial charge is 0.228 e. The zero-order valence-electron chi connectivity index (χ0n) is 21.0. The molecule has 188 valence electrons. The lowest BCUT2D eigenvalue weighted by Gasteiger charge is -2.28. The highest BCUT2D eigenvalue weighted by atomic mass is 32.2. The quantitative estimate of drug-likeness (QED) is 0.434. The zero-order chi connectivity index (χ0) is 25.1. The average molecular weight is 498 g/mol. The number of nitrogens with one attached hydrogen (secondary N) is 2. The molecule has 0 unspecified atom stereocenters. The number of aryl methyl sites for hydroxylation is 1. The molecule has 0 radical (unpaired) electrons. The topological polar surface area (TPSA) is 96.5 Å². The molecule has 0 fully saturated rings. The summed E-state index contributed by atoms with van der Waals surface area (Å²) in [5.74, 6) is 1.31. The zero-order valence-corrected chi connectivity index (χ0v) is 21.8. The molecule has 2 N–H and O–H groups in total. The predicted molar refractivity (Wildman–Crippen MR) is 141 cm³/mol. The maximum atomic E-state index is 12.8. The van der Waals surface area contributed by atoms with Crippen molar-refractivity contribution < 1.29 is 13.2 Å². The second-order valence-electron chi connectivity index (χ2n) is 9.75. The van der Waals surface area contributed by atoms with Crippen LogP contribution in [0.1, 0.15) is 31.4 Å². The molecule has 1 aliphatic rings. The minimum atomic E-state index is -3.35. The van der Waals surface area contributed by atoms with Gasteiger partial charge >= 0.3 is 0 Å². The van der Waals surface area contributed by atoms with Gasteiger partial charge in [0.15, 0.2) is 9.84 Å². The lowest BCUT2D eigenvalue weighted by Crippen LogP contribution is -2.46. The van der Waals surface area contributed by atoms with Crippen molar-refractivity contribution in [3.63, 3.8) is 0 Å². The first-order chi connectivity index (χ1) is 16.7. The highest BCUT2D eigenvalue weighted by Gasteiger charge is 2.27. The Morgan fingerprint density at radius 1 is 1.14 bits per heavy atom. The molecular formula is C26H35N5O3S. The first kappa shape index (κ1) is 25.3. The van der Waals surface area contributed by atoms with Crippen LogP contribution in [0.3, 0.4) is 0 Å². The van der Waals surface area contributed by atoms with E-state index in [0.29, 0.717) is 30.5 Å². The second kappa shape index (κ2) is 10.5. The maximum Gasteiger partial charge on any atom is 0.228 e. The van der Waals surface area contributed by atoms with Crippen LogP contribution in [0.4, 0.5) is 11.8 Å². The Morgan fingerprint density at radius 2 is 1.94 bits per heavy atom. The van der Waals surface area contributed by atoms with Crippen LogP contribution in [0.2, 0.25) is 0 Å². The largest absolute Gasteiger partial charge is 0.385 e. The van der Waals surface area contributed by atoms with Crippen LogP contribution >= 0.6 is 0 Å². The van der Waals surface area contributed by atoms with E-state index in [4.69, 9.17) is 14.7 Å². The molecular weight excluding hydrogens is 462 g/mol. The van der Waals surface area contributed by atoms with Crippen LogP contribution in [0.5, 0.6) is 0 Å². The Balaban J connectivity index is 1.63. The lowest BCUT2D eigenvalue weighted by atomic mass is 10.1. The molecule has 0 spiro atoms. The van der Waals surface area contributed by atoms with E-state index >= 15 is 0 Å². The summed E-state index contributed by atoms with van der Waals surface area (Å²) in [6.45, 7) is 9.38. The number of benzene rings is 2. The molecule has 0 atom stereocenters. The first-order valence-corrected chi connectivity index (χ1v) is 13.7. The fourth-order valence-electron chi connectivity index (χ4n) is 4.25. The van der Waals surface area contributed by atoms with Crippen molar-refractivity contribution in [1.82, 2.24) is 15.3 Å². The maximum absolute atomic E-state index is 12.8. The van der Waals surface area contributed by atoms with Crippen molar-refractivity contribution in [3.8, 4) is 0 Å². The number of rotatable bonds is 9. The van der Waals surface area contributed by atoms with Gasteiger partial charge in [-0.15, -0.1) is 0 Å². The molecule has 3 aromatic rings. The number of aromatic nitrogens is 2. The molecule has 35 heavy (non-hydrogen) atoms. The summed E-state index contributed by atoms with van der Waals surface area (Å²) in [5, 5.41) is 8.05. The number of ether oxygens (including phenoxy) is 1. The minimum Gasteiger partial charge on any atom is -0.385 e. The van der Waals surface area contributed by atoms with Crippen molar-refractivity contribution in [2.45, 2.75) is 44.2 Å². The van der Waals surface area contributed by atoms with E-state index in [2.05, 4.69) is 37.5 Å². The number of sulfone groups is 1. The van der Waals surface area contributed by atoms with Crippen LogP contribution in [0.25, 0.3) is 10.9 Å². The summed E-state index contributed by atoms with van der Waals surface area (Å²) in [7, 11) is -1.64. The molecule has 0 bridgehead atoms. The highest BCUT2D eigenvalue weighted by Crippen LogP contribution is 2.29. The van der Waals surface area contributed by atoms with E-state index < -0.39 is 9.84 Å². The molecule has 0 saturated carbocycles. The van der Waals surface area contributed by atoms with Gasteiger partial charge in [-0.2, -0.15) is 4.98 Å². The van der Waals surface area contributed by atoms with Gasteiger partial charge < -0.3 is 20.3 Å². The Bertz CT molecular complexity index is 1290. The molecule has 1 aliphatic heterocycles. The standard InChI is InChI=1S/C26H35N5O3S/c1-19-10-11-22-21(16-19)24(27-18-26(2,3)28-12-7-14-34-4)30-25(29-22)31-13-15-35(32,33)23-9-6-5-8-20(23)17-31/h5-6,8-11,16,28H,7,12-15,17-18H2,1-4H3,(H,27,29,30). The molecule has 2 heterocycles. The van der Waals surface area contributed by atoms with Crippen molar-refractivity contribution in [2.75, 3.05) is 49.3 Å². The third-order valence-corrected chi connectivity index (χ3v) is 8.04. The Kier molecular flexibility index (Phi) is 7.59. The third-order valence-electron chi connectivity index (χ3n) is 6.25. The normalized spacial score (nSPS) is 15.6. The van der Waals surface area contributed by atoms with E-state index in [1.54, 1.807) is 19.2 Å². The van der Waals surface area contributed by atoms with E-state index in [9.17, 15) is 8.42 Å². The van der Waals surface area contributed by atoms with Gasteiger partial charge in [0.1, 0.15) is 5.82 Å². The number of methoxy groups -OCH3 is 1. The van der Waals surface area contributed by atoms with Gasteiger partial charge in [-0.3, -0.25) is 0 Å². The van der Waals surface area contributed by atoms with Crippen molar-refractivity contribution >= 4 is 32.5 Å². The molecule has 1 aromatic heterocycles. The van der Waals surface area contributed by atoms with Gasteiger partial charge in [0.05, 0.1) is 16.2 Å². The van der Waals surface area contributed by atoms with Gasteiger partial charge in [-0.1, -0.05) is 29.8 Å².